The van der Waals surface area contributed by atoms with E-state index < -0.39 is 0 Å². The number of rotatable bonds is 2. The van der Waals surface area contributed by atoms with Crippen LogP contribution in [0.25, 0.3) is 10.1 Å². The van der Waals surface area contributed by atoms with E-state index in [2.05, 4.69) is 0 Å². The molecule has 0 aliphatic carbocycles. The molecule has 0 saturated carbocycles. The largest absolute Gasteiger partial charge is 0.462 e. The number of carbonyl (C=O) groups excluding carboxylic acids is 1. The van der Waals surface area contributed by atoms with Crippen molar-refractivity contribution in [2.75, 3.05) is 6.61 Å². The second-order valence-electron chi connectivity index (χ2n) is 2.97. The third-order valence-corrected chi connectivity index (χ3v) is 3.41. The number of fused-ring (bicyclic) bond motifs is 1. The number of hydrogen-bond acceptors (Lipinski definition) is 3. The Hall–Kier alpha value is -1.06. The van der Waals surface area contributed by atoms with Gasteiger partial charge in [-0.1, -0.05) is 29.8 Å². The van der Waals surface area contributed by atoms with Gasteiger partial charge in [-0.15, -0.1) is 11.3 Å². The highest BCUT2D eigenvalue weighted by Crippen LogP contribution is 2.35. The van der Waals surface area contributed by atoms with Crippen LogP contribution in [0.15, 0.2) is 24.3 Å². The van der Waals surface area contributed by atoms with Crippen LogP contribution < -0.4 is 0 Å². The molecule has 78 valence electrons. The molecule has 0 saturated heterocycles. The molecule has 0 bridgehead atoms. The Balaban J connectivity index is 2.58. The predicted molar refractivity (Wildman–Crippen MR) is 62.8 cm³/mol. The van der Waals surface area contributed by atoms with Crippen LogP contribution in [-0.2, 0) is 4.74 Å². The molecule has 1 heterocycles. The first-order valence-electron chi connectivity index (χ1n) is 4.58. The summed E-state index contributed by atoms with van der Waals surface area (Å²) in [6.45, 7) is 2.14. The molecule has 1 aromatic heterocycles. The number of esters is 1. The van der Waals surface area contributed by atoms with Crippen LogP contribution in [0, 0.1) is 0 Å². The van der Waals surface area contributed by atoms with Gasteiger partial charge < -0.3 is 4.74 Å². The van der Waals surface area contributed by atoms with Crippen LogP contribution in [-0.4, -0.2) is 12.6 Å². The van der Waals surface area contributed by atoms with Crippen molar-refractivity contribution in [3.63, 3.8) is 0 Å². The lowest BCUT2D eigenvalue weighted by molar-refractivity contribution is 0.0529. The van der Waals surface area contributed by atoms with E-state index in [9.17, 15) is 4.79 Å². The monoisotopic (exact) mass is 240 g/mol. The summed E-state index contributed by atoms with van der Waals surface area (Å²) in [5, 5.41) is 0.867. The van der Waals surface area contributed by atoms with Gasteiger partial charge in [-0.05, 0) is 13.0 Å². The summed E-state index contributed by atoms with van der Waals surface area (Å²) in [6, 6.07) is 7.62. The van der Waals surface area contributed by atoms with Crippen molar-refractivity contribution in [1.29, 1.82) is 0 Å². The van der Waals surface area contributed by atoms with Crippen LogP contribution in [0.3, 0.4) is 0 Å². The maximum Gasteiger partial charge on any atom is 0.341 e. The molecular formula is C11H9ClO2S. The standard InChI is InChI=1S/C11H9ClO2S/c1-2-14-11(13)9-7-5-3-4-6-8(7)15-10(9)12/h3-6H,2H2,1H3. The van der Waals surface area contributed by atoms with E-state index in [-0.39, 0.29) is 5.97 Å². The number of carbonyl (C=O) groups is 1. The summed E-state index contributed by atoms with van der Waals surface area (Å²) in [6.07, 6.45) is 0. The van der Waals surface area contributed by atoms with E-state index in [4.69, 9.17) is 16.3 Å². The minimum Gasteiger partial charge on any atom is -0.462 e. The summed E-state index contributed by atoms with van der Waals surface area (Å²) in [7, 11) is 0. The van der Waals surface area contributed by atoms with Gasteiger partial charge >= 0.3 is 5.97 Å². The Bertz CT molecular complexity index is 504. The Labute approximate surface area is 96.4 Å². The first kappa shape index (κ1) is 10.5. The van der Waals surface area contributed by atoms with Crippen molar-refractivity contribution >= 4 is 39.0 Å². The molecule has 0 radical (unpaired) electrons. The molecule has 2 rings (SSSR count). The summed E-state index contributed by atoms with van der Waals surface area (Å²) >= 11 is 7.41. The fourth-order valence-corrected chi connectivity index (χ4v) is 2.75. The molecule has 0 atom stereocenters. The van der Waals surface area contributed by atoms with Crippen LogP contribution in [0.4, 0.5) is 0 Å². The molecular weight excluding hydrogens is 232 g/mol. The lowest BCUT2D eigenvalue weighted by Crippen LogP contribution is -2.03. The van der Waals surface area contributed by atoms with Crippen molar-refractivity contribution in [2.24, 2.45) is 0 Å². The van der Waals surface area contributed by atoms with Crippen molar-refractivity contribution < 1.29 is 9.53 Å². The molecule has 0 N–H and O–H groups in total. The maximum atomic E-state index is 11.6. The zero-order valence-corrected chi connectivity index (χ0v) is 9.69. The molecule has 15 heavy (non-hydrogen) atoms. The minimum absolute atomic E-state index is 0.347. The Morgan fingerprint density at radius 3 is 2.93 bits per heavy atom. The molecule has 4 heteroatoms. The topological polar surface area (TPSA) is 26.3 Å². The third kappa shape index (κ3) is 1.85. The van der Waals surface area contributed by atoms with E-state index in [0.717, 1.165) is 10.1 Å². The predicted octanol–water partition coefficient (Wildman–Crippen LogP) is 3.73. The third-order valence-electron chi connectivity index (χ3n) is 2.03. The number of thiophene rings is 1. The first-order valence-corrected chi connectivity index (χ1v) is 5.77. The Morgan fingerprint density at radius 1 is 1.47 bits per heavy atom. The van der Waals surface area contributed by atoms with E-state index >= 15 is 0 Å². The van der Waals surface area contributed by atoms with Gasteiger partial charge in [-0.3, -0.25) is 0 Å². The quantitative estimate of drug-likeness (QED) is 0.748. The summed E-state index contributed by atoms with van der Waals surface area (Å²) < 4.78 is 6.46. The van der Waals surface area contributed by atoms with Crippen LogP contribution >= 0.6 is 22.9 Å². The van der Waals surface area contributed by atoms with Gasteiger partial charge in [0.25, 0.3) is 0 Å². The van der Waals surface area contributed by atoms with Gasteiger partial charge in [0.2, 0.25) is 0 Å². The average Bonchev–Trinajstić information content (AvgIpc) is 2.54. The molecule has 0 fully saturated rings. The number of hydrogen-bond donors (Lipinski definition) is 0. The van der Waals surface area contributed by atoms with Crippen LogP contribution in [0.5, 0.6) is 0 Å². The maximum absolute atomic E-state index is 11.6. The van der Waals surface area contributed by atoms with Gasteiger partial charge in [0.15, 0.2) is 0 Å². The zero-order valence-electron chi connectivity index (χ0n) is 8.12. The minimum atomic E-state index is -0.347. The van der Waals surface area contributed by atoms with Crippen molar-refractivity contribution in [1.82, 2.24) is 0 Å². The second-order valence-corrected chi connectivity index (χ2v) is 4.62. The SMILES string of the molecule is CCOC(=O)c1c(Cl)sc2ccccc12. The Morgan fingerprint density at radius 2 is 2.20 bits per heavy atom. The second kappa shape index (κ2) is 4.21. The molecule has 0 unspecified atom stereocenters. The van der Waals surface area contributed by atoms with E-state index in [0.29, 0.717) is 16.5 Å². The normalized spacial score (nSPS) is 10.5. The number of halogens is 1. The zero-order chi connectivity index (χ0) is 10.8. The molecule has 2 nitrogen and oxygen atoms in total. The van der Waals surface area contributed by atoms with E-state index in [1.807, 2.05) is 24.3 Å². The van der Waals surface area contributed by atoms with Crippen molar-refractivity contribution in [3.8, 4) is 0 Å². The number of benzene rings is 1. The van der Waals surface area contributed by atoms with Crippen molar-refractivity contribution in [3.05, 3.63) is 34.2 Å². The van der Waals surface area contributed by atoms with Gasteiger partial charge in [0, 0.05) is 10.1 Å². The highest BCUT2D eigenvalue weighted by molar-refractivity contribution is 7.23. The summed E-state index contributed by atoms with van der Waals surface area (Å²) in [4.78, 5) is 11.6. The Kier molecular flexibility index (Phi) is 2.93. The fraction of sp³-hybridized carbons (Fsp3) is 0.182. The van der Waals surface area contributed by atoms with Crippen LogP contribution in [0.1, 0.15) is 17.3 Å². The summed E-state index contributed by atoms with van der Waals surface area (Å²) in [5.74, 6) is -0.347. The highest BCUT2D eigenvalue weighted by Gasteiger charge is 2.18. The smallest absolute Gasteiger partial charge is 0.341 e. The molecule has 2 aromatic rings. The lowest BCUT2D eigenvalue weighted by atomic mass is 10.2. The highest BCUT2D eigenvalue weighted by atomic mass is 35.5. The van der Waals surface area contributed by atoms with E-state index in [1.54, 1.807) is 6.92 Å². The number of ether oxygens (including phenoxy) is 1. The van der Waals surface area contributed by atoms with Gasteiger partial charge in [0.1, 0.15) is 4.34 Å². The molecule has 0 aliphatic heterocycles. The molecule has 0 amide bonds. The first-order chi connectivity index (χ1) is 7.24. The fourth-order valence-electron chi connectivity index (χ4n) is 1.41. The lowest BCUT2D eigenvalue weighted by Gasteiger charge is -2.00. The molecule has 0 aliphatic rings. The average molecular weight is 241 g/mol. The van der Waals surface area contributed by atoms with Gasteiger partial charge in [0.05, 0.1) is 12.2 Å². The van der Waals surface area contributed by atoms with Crippen LogP contribution in [0.2, 0.25) is 4.34 Å². The van der Waals surface area contributed by atoms with Gasteiger partial charge in [-0.2, -0.15) is 0 Å². The van der Waals surface area contributed by atoms with E-state index in [1.165, 1.54) is 11.3 Å². The molecule has 0 spiro atoms. The van der Waals surface area contributed by atoms with Gasteiger partial charge in [-0.25, -0.2) is 4.79 Å². The summed E-state index contributed by atoms with van der Waals surface area (Å²) in [5.41, 5.74) is 0.485. The van der Waals surface area contributed by atoms with Crippen molar-refractivity contribution in [2.45, 2.75) is 6.92 Å². The molecule has 1 aromatic carbocycles.